The Morgan fingerprint density at radius 2 is 2.32 bits per heavy atom. The Hall–Kier alpha value is -1.31. The number of benzene rings is 1. The summed E-state index contributed by atoms with van der Waals surface area (Å²) in [4.78, 5) is 16.8. The van der Waals surface area contributed by atoms with Gasteiger partial charge >= 0.3 is 0 Å². The topological polar surface area (TPSA) is 72.9 Å². The molecule has 0 spiro atoms. The van der Waals surface area contributed by atoms with Crippen LogP contribution in [0.25, 0.3) is 0 Å². The number of fused-ring (bicyclic) bond motifs is 1. The fraction of sp³-hybridized carbons (Fsp3) is 0.167. The first-order valence-electron chi connectivity index (χ1n) is 5.61. The van der Waals surface area contributed by atoms with E-state index in [1.165, 1.54) is 11.8 Å². The van der Waals surface area contributed by atoms with E-state index in [0.29, 0.717) is 0 Å². The van der Waals surface area contributed by atoms with Crippen molar-refractivity contribution < 1.29 is 4.79 Å². The van der Waals surface area contributed by atoms with Gasteiger partial charge in [0.05, 0.1) is 0 Å². The molecule has 19 heavy (non-hydrogen) atoms. The number of halogens is 1. The molecule has 0 saturated heterocycles. The molecule has 0 saturated carbocycles. The van der Waals surface area contributed by atoms with E-state index in [4.69, 9.17) is 5.73 Å². The predicted molar refractivity (Wildman–Crippen MR) is 77.0 cm³/mol. The Morgan fingerprint density at radius 1 is 1.53 bits per heavy atom. The zero-order valence-electron chi connectivity index (χ0n) is 10.1. The Bertz CT molecular complexity index is 670. The highest BCUT2D eigenvalue weighted by molar-refractivity contribution is 9.10. The second-order valence-electron chi connectivity index (χ2n) is 4.26. The third kappa shape index (κ3) is 2.18. The zero-order valence-corrected chi connectivity index (χ0v) is 12.5. The molecule has 7 heteroatoms. The van der Waals surface area contributed by atoms with Crippen LogP contribution in [0.5, 0.6) is 0 Å². The van der Waals surface area contributed by atoms with E-state index in [9.17, 15) is 4.79 Å². The minimum atomic E-state index is -0.585. The smallest absolute Gasteiger partial charge is 0.245 e. The van der Waals surface area contributed by atoms with Gasteiger partial charge < -0.3 is 15.6 Å². The lowest BCUT2D eigenvalue weighted by atomic mass is 10.1. The Balaban J connectivity index is 1.99. The summed E-state index contributed by atoms with van der Waals surface area (Å²) in [5, 5.41) is 3.67. The molecule has 98 valence electrons. The minimum absolute atomic E-state index is 0.166. The fourth-order valence-electron chi connectivity index (χ4n) is 1.91. The first-order valence-corrected chi connectivity index (χ1v) is 7.22. The number of carbonyl (C=O) groups is 1. The molecule has 1 aromatic heterocycles. The predicted octanol–water partition coefficient (Wildman–Crippen LogP) is 2.29. The number of nitrogens with two attached hydrogens (primary N) is 1. The highest BCUT2D eigenvalue weighted by Gasteiger charge is 2.28. The number of amides is 1. The van der Waals surface area contributed by atoms with Crippen LogP contribution < -0.4 is 11.1 Å². The largest absolute Gasteiger partial charge is 0.329 e. The molecule has 0 radical (unpaired) electrons. The molecular weight excluding hydrogens is 328 g/mol. The summed E-state index contributed by atoms with van der Waals surface area (Å²) < 4.78 is 2.85. The molecule has 0 aliphatic carbocycles. The van der Waals surface area contributed by atoms with Gasteiger partial charge in [-0.25, -0.2) is 4.98 Å². The Labute approximate surface area is 122 Å². The molecule has 2 heterocycles. The molecule has 3 rings (SSSR count). The van der Waals surface area contributed by atoms with Crippen LogP contribution in [0, 0.1) is 0 Å². The first kappa shape index (κ1) is 12.7. The average Bonchev–Trinajstić information content (AvgIpc) is 2.88. The van der Waals surface area contributed by atoms with E-state index in [0.717, 1.165) is 25.8 Å². The summed E-state index contributed by atoms with van der Waals surface area (Å²) in [5.74, 6) is -0.166. The molecule has 0 bridgehead atoms. The Kier molecular flexibility index (Phi) is 3.12. The van der Waals surface area contributed by atoms with E-state index in [1.807, 2.05) is 29.9 Å². The van der Waals surface area contributed by atoms with Crippen molar-refractivity contribution in [3.63, 3.8) is 0 Å². The van der Waals surface area contributed by atoms with Crippen LogP contribution in [-0.4, -0.2) is 15.5 Å². The van der Waals surface area contributed by atoms with Gasteiger partial charge in [-0.15, -0.1) is 0 Å². The maximum atomic E-state index is 11.6. The van der Waals surface area contributed by atoms with Crippen molar-refractivity contribution in [1.82, 2.24) is 9.55 Å². The van der Waals surface area contributed by atoms with Crippen molar-refractivity contribution in [3.8, 4) is 0 Å². The molecule has 3 N–H and O–H groups in total. The summed E-state index contributed by atoms with van der Waals surface area (Å²) >= 11 is 5.04. The van der Waals surface area contributed by atoms with Crippen molar-refractivity contribution in [2.75, 3.05) is 5.32 Å². The summed E-state index contributed by atoms with van der Waals surface area (Å²) in [5.41, 5.74) is 7.41. The lowest BCUT2D eigenvalue weighted by Crippen LogP contribution is -2.19. The molecule has 1 aliphatic rings. The molecule has 1 aromatic carbocycles. The highest BCUT2D eigenvalue weighted by atomic mass is 79.9. The van der Waals surface area contributed by atoms with E-state index >= 15 is 0 Å². The van der Waals surface area contributed by atoms with Crippen LogP contribution in [0.1, 0.15) is 11.6 Å². The van der Waals surface area contributed by atoms with Crippen LogP contribution in [0.4, 0.5) is 5.69 Å². The van der Waals surface area contributed by atoms with Crippen molar-refractivity contribution in [2.45, 2.75) is 16.1 Å². The van der Waals surface area contributed by atoms with E-state index in [1.54, 1.807) is 6.20 Å². The molecule has 0 fully saturated rings. The number of nitrogens with zero attached hydrogens (tertiary/aromatic N) is 2. The van der Waals surface area contributed by atoms with Crippen molar-refractivity contribution in [1.29, 1.82) is 0 Å². The number of hydrogen-bond donors (Lipinski definition) is 2. The standard InChI is InChI=1S/C12H11BrN4OS/c1-17-3-2-15-12(17)19-9-5-8-6(4-7(9)13)10(14)11(18)16-8/h2-5,10H,14H2,1H3,(H,16,18). The molecule has 5 nitrogen and oxygen atoms in total. The van der Waals surface area contributed by atoms with Crippen molar-refractivity contribution >= 4 is 39.3 Å². The molecule has 1 amide bonds. The lowest BCUT2D eigenvalue weighted by Gasteiger charge is -2.08. The molecule has 2 aromatic rings. The van der Waals surface area contributed by atoms with Crippen molar-refractivity contribution in [2.24, 2.45) is 12.8 Å². The van der Waals surface area contributed by atoms with Crippen LogP contribution in [0.15, 0.2) is 39.1 Å². The number of carbonyl (C=O) groups excluding carboxylic acids is 1. The average molecular weight is 339 g/mol. The summed E-state index contributed by atoms with van der Waals surface area (Å²) in [6, 6.07) is 3.23. The van der Waals surface area contributed by atoms with Gasteiger partial charge in [0.2, 0.25) is 5.91 Å². The highest BCUT2D eigenvalue weighted by Crippen LogP contribution is 2.40. The first-order chi connectivity index (χ1) is 9.06. The number of anilines is 1. The number of hydrogen-bond acceptors (Lipinski definition) is 4. The van der Waals surface area contributed by atoms with E-state index in [-0.39, 0.29) is 5.91 Å². The molecule has 1 unspecified atom stereocenters. The number of aryl methyl sites for hydroxylation is 1. The number of aromatic nitrogens is 2. The maximum absolute atomic E-state index is 11.6. The number of nitrogens with one attached hydrogen (secondary N) is 1. The van der Waals surface area contributed by atoms with Gasteiger partial charge in [0.15, 0.2) is 5.16 Å². The molecule has 1 aliphatic heterocycles. The second kappa shape index (κ2) is 4.66. The van der Waals surface area contributed by atoms with Gasteiger partial charge in [0, 0.05) is 40.1 Å². The zero-order chi connectivity index (χ0) is 13.6. The van der Waals surface area contributed by atoms with Crippen molar-refractivity contribution in [3.05, 3.63) is 34.6 Å². The summed E-state index contributed by atoms with van der Waals surface area (Å²) in [6.45, 7) is 0. The van der Waals surface area contributed by atoms with Gasteiger partial charge in [-0.3, -0.25) is 4.79 Å². The quantitative estimate of drug-likeness (QED) is 0.881. The summed E-state index contributed by atoms with van der Waals surface area (Å²) in [6.07, 6.45) is 3.64. The summed E-state index contributed by atoms with van der Waals surface area (Å²) in [7, 11) is 1.94. The third-order valence-corrected chi connectivity index (χ3v) is 5.01. The third-order valence-electron chi connectivity index (χ3n) is 2.96. The van der Waals surface area contributed by atoms with E-state index < -0.39 is 6.04 Å². The van der Waals surface area contributed by atoms with Crippen LogP contribution >= 0.6 is 27.7 Å². The van der Waals surface area contributed by atoms with Crippen LogP contribution in [0.2, 0.25) is 0 Å². The Morgan fingerprint density at radius 3 is 3.00 bits per heavy atom. The maximum Gasteiger partial charge on any atom is 0.245 e. The molecular formula is C12H11BrN4OS. The SMILES string of the molecule is Cn1ccnc1Sc1cc2c(cc1Br)C(N)C(=O)N2. The fourth-order valence-corrected chi connectivity index (χ4v) is 3.37. The monoisotopic (exact) mass is 338 g/mol. The van der Waals surface area contributed by atoms with Crippen LogP contribution in [0.3, 0.4) is 0 Å². The van der Waals surface area contributed by atoms with Gasteiger partial charge in [0.25, 0.3) is 0 Å². The van der Waals surface area contributed by atoms with Gasteiger partial charge in [-0.05, 0) is 28.1 Å². The van der Waals surface area contributed by atoms with E-state index in [2.05, 4.69) is 26.2 Å². The lowest BCUT2D eigenvalue weighted by molar-refractivity contribution is -0.116. The van der Waals surface area contributed by atoms with Crippen LogP contribution in [-0.2, 0) is 11.8 Å². The van der Waals surface area contributed by atoms with Gasteiger partial charge in [-0.1, -0.05) is 11.8 Å². The number of imidazole rings is 1. The number of rotatable bonds is 2. The minimum Gasteiger partial charge on any atom is -0.329 e. The second-order valence-corrected chi connectivity index (χ2v) is 6.12. The molecule has 1 atom stereocenters. The van der Waals surface area contributed by atoms with Gasteiger partial charge in [-0.2, -0.15) is 0 Å². The van der Waals surface area contributed by atoms with Gasteiger partial charge in [0.1, 0.15) is 6.04 Å². The normalized spacial score (nSPS) is 17.4.